The fourth-order valence-electron chi connectivity index (χ4n) is 1.88. The minimum Gasteiger partial charge on any atom is -0.347 e. The van der Waals surface area contributed by atoms with E-state index in [1.165, 1.54) is 0 Å². The number of hydrogen-bond donors (Lipinski definition) is 0. The van der Waals surface area contributed by atoms with E-state index in [1.54, 1.807) is 0 Å². The summed E-state index contributed by atoms with van der Waals surface area (Å²) >= 11 is 0. The SMILES string of the molecule is C=CC[C@H]1C[C@H](CC=C)OC(C)(C)O1. The van der Waals surface area contributed by atoms with Crippen molar-refractivity contribution in [2.24, 2.45) is 0 Å². The van der Waals surface area contributed by atoms with Crippen molar-refractivity contribution in [1.29, 1.82) is 0 Å². The molecule has 14 heavy (non-hydrogen) atoms. The van der Waals surface area contributed by atoms with Crippen LogP contribution in [0.1, 0.15) is 33.1 Å². The molecular formula is C12H20O2. The molecule has 0 bridgehead atoms. The number of rotatable bonds is 4. The summed E-state index contributed by atoms with van der Waals surface area (Å²) in [6.45, 7) is 11.4. The highest BCUT2D eigenvalue weighted by Crippen LogP contribution is 2.29. The van der Waals surface area contributed by atoms with E-state index in [9.17, 15) is 0 Å². The zero-order valence-corrected chi connectivity index (χ0v) is 9.16. The molecule has 0 N–H and O–H groups in total. The van der Waals surface area contributed by atoms with E-state index in [4.69, 9.17) is 9.47 Å². The van der Waals surface area contributed by atoms with Crippen molar-refractivity contribution >= 4 is 0 Å². The second-order valence-electron chi connectivity index (χ2n) is 4.16. The minimum atomic E-state index is -0.473. The van der Waals surface area contributed by atoms with Gasteiger partial charge in [-0.1, -0.05) is 12.2 Å². The zero-order chi connectivity index (χ0) is 10.6. The average molecular weight is 196 g/mol. The molecule has 1 aliphatic rings. The van der Waals surface area contributed by atoms with Crippen LogP contribution in [0.15, 0.2) is 25.3 Å². The molecule has 0 saturated carbocycles. The van der Waals surface area contributed by atoms with Crippen LogP contribution in [0.4, 0.5) is 0 Å². The van der Waals surface area contributed by atoms with Crippen LogP contribution in [0.2, 0.25) is 0 Å². The van der Waals surface area contributed by atoms with Crippen molar-refractivity contribution in [2.45, 2.75) is 51.1 Å². The molecule has 2 atom stereocenters. The Labute approximate surface area is 86.6 Å². The van der Waals surface area contributed by atoms with E-state index in [0.29, 0.717) is 0 Å². The lowest BCUT2D eigenvalue weighted by molar-refractivity contribution is -0.297. The molecule has 2 nitrogen and oxygen atoms in total. The summed E-state index contributed by atoms with van der Waals surface area (Å²) in [5, 5.41) is 0. The van der Waals surface area contributed by atoms with E-state index >= 15 is 0 Å². The second-order valence-corrected chi connectivity index (χ2v) is 4.16. The second kappa shape index (κ2) is 4.76. The minimum absolute atomic E-state index is 0.237. The summed E-state index contributed by atoms with van der Waals surface area (Å²) in [6, 6.07) is 0. The summed E-state index contributed by atoms with van der Waals surface area (Å²) in [7, 11) is 0. The Morgan fingerprint density at radius 3 is 1.93 bits per heavy atom. The van der Waals surface area contributed by atoms with Gasteiger partial charge in [-0.05, 0) is 26.7 Å². The van der Waals surface area contributed by atoms with Gasteiger partial charge in [-0.2, -0.15) is 0 Å². The molecule has 0 unspecified atom stereocenters. The van der Waals surface area contributed by atoms with Gasteiger partial charge in [0.05, 0.1) is 12.2 Å². The van der Waals surface area contributed by atoms with E-state index in [0.717, 1.165) is 19.3 Å². The van der Waals surface area contributed by atoms with E-state index in [1.807, 2.05) is 26.0 Å². The zero-order valence-electron chi connectivity index (χ0n) is 9.16. The lowest BCUT2D eigenvalue weighted by Crippen LogP contribution is -2.44. The molecule has 1 heterocycles. The Bertz CT molecular complexity index is 188. The van der Waals surface area contributed by atoms with Gasteiger partial charge in [0.2, 0.25) is 0 Å². The van der Waals surface area contributed by atoms with Crippen molar-refractivity contribution in [1.82, 2.24) is 0 Å². The van der Waals surface area contributed by atoms with Crippen molar-refractivity contribution in [3.05, 3.63) is 25.3 Å². The molecule has 1 saturated heterocycles. The summed E-state index contributed by atoms with van der Waals surface area (Å²) in [5.74, 6) is -0.473. The van der Waals surface area contributed by atoms with Crippen LogP contribution in [-0.4, -0.2) is 18.0 Å². The standard InChI is InChI=1S/C12H20O2/c1-5-7-10-9-11(8-6-2)14-12(3,4)13-10/h5-6,10-11H,1-2,7-9H2,3-4H3/t10-,11-/m0/s1. The lowest BCUT2D eigenvalue weighted by Gasteiger charge is -2.40. The molecule has 0 radical (unpaired) electrons. The van der Waals surface area contributed by atoms with Crippen molar-refractivity contribution in [3.63, 3.8) is 0 Å². The normalized spacial score (nSPS) is 31.0. The Balaban J connectivity index is 2.56. The first kappa shape index (κ1) is 11.5. The molecule has 80 valence electrons. The largest absolute Gasteiger partial charge is 0.347 e. The summed E-state index contributed by atoms with van der Waals surface area (Å²) in [6.07, 6.45) is 6.98. The topological polar surface area (TPSA) is 18.5 Å². The number of ether oxygens (including phenoxy) is 2. The third-order valence-electron chi connectivity index (χ3n) is 2.29. The van der Waals surface area contributed by atoms with E-state index < -0.39 is 5.79 Å². The Morgan fingerprint density at radius 1 is 1.14 bits per heavy atom. The highest BCUT2D eigenvalue weighted by Gasteiger charge is 2.34. The third-order valence-corrected chi connectivity index (χ3v) is 2.29. The van der Waals surface area contributed by atoms with Gasteiger partial charge in [-0.3, -0.25) is 0 Å². The molecular weight excluding hydrogens is 176 g/mol. The van der Waals surface area contributed by atoms with Gasteiger partial charge in [-0.25, -0.2) is 0 Å². The highest BCUT2D eigenvalue weighted by molar-refractivity contribution is 4.85. The molecule has 0 aromatic heterocycles. The predicted octanol–water partition coefficient (Wildman–Crippen LogP) is 3.05. The third kappa shape index (κ3) is 3.28. The fraction of sp³-hybridized carbons (Fsp3) is 0.667. The summed E-state index contributed by atoms with van der Waals surface area (Å²) in [4.78, 5) is 0. The van der Waals surface area contributed by atoms with Gasteiger partial charge in [0.25, 0.3) is 0 Å². The monoisotopic (exact) mass is 196 g/mol. The maximum atomic E-state index is 5.76. The van der Waals surface area contributed by atoms with Crippen LogP contribution >= 0.6 is 0 Å². The molecule has 0 aliphatic carbocycles. The lowest BCUT2D eigenvalue weighted by atomic mass is 10.0. The van der Waals surface area contributed by atoms with Crippen molar-refractivity contribution in [2.75, 3.05) is 0 Å². The van der Waals surface area contributed by atoms with Gasteiger partial charge in [0, 0.05) is 6.42 Å². The molecule has 1 rings (SSSR count). The first-order valence-electron chi connectivity index (χ1n) is 5.15. The Hall–Kier alpha value is -0.600. The molecule has 0 aromatic carbocycles. The van der Waals surface area contributed by atoms with Gasteiger partial charge in [0.1, 0.15) is 0 Å². The summed E-state index contributed by atoms with van der Waals surface area (Å²) in [5.41, 5.74) is 0. The van der Waals surface area contributed by atoms with E-state index in [2.05, 4.69) is 13.2 Å². The quantitative estimate of drug-likeness (QED) is 0.643. The molecule has 0 spiro atoms. The van der Waals surface area contributed by atoms with Crippen LogP contribution < -0.4 is 0 Å². The van der Waals surface area contributed by atoms with Crippen LogP contribution in [0, 0.1) is 0 Å². The fourth-order valence-corrected chi connectivity index (χ4v) is 1.88. The Kier molecular flexibility index (Phi) is 3.90. The van der Waals surface area contributed by atoms with Gasteiger partial charge < -0.3 is 9.47 Å². The van der Waals surface area contributed by atoms with Gasteiger partial charge in [0.15, 0.2) is 5.79 Å². The predicted molar refractivity (Wildman–Crippen MR) is 58.1 cm³/mol. The Morgan fingerprint density at radius 2 is 1.57 bits per heavy atom. The number of hydrogen-bond acceptors (Lipinski definition) is 2. The average Bonchev–Trinajstić information content (AvgIpc) is 2.01. The first-order valence-corrected chi connectivity index (χ1v) is 5.15. The molecule has 1 fully saturated rings. The first-order chi connectivity index (χ1) is 6.57. The molecule has 0 amide bonds. The molecule has 1 aliphatic heterocycles. The van der Waals surface area contributed by atoms with Crippen LogP contribution in [0.25, 0.3) is 0 Å². The molecule has 2 heteroatoms. The highest BCUT2D eigenvalue weighted by atomic mass is 16.7. The van der Waals surface area contributed by atoms with Crippen LogP contribution in [0.5, 0.6) is 0 Å². The smallest absolute Gasteiger partial charge is 0.163 e. The van der Waals surface area contributed by atoms with Crippen LogP contribution in [-0.2, 0) is 9.47 Å². The van der Waals surface area contributed by atoms with E-state index in [-0.39, 0.29) is 12.2 Å². The maximum Gasteiger partial charge on any atom is 0.163 e. The van der Waals surface area contributed by atoms with Gasteiger partial charge in [-0.15, -0.1) is 13.2 Å². The van der Waals surface area contributed by atoms with Crippen molar-refractivity contribution in [3.8, 4) is 0 Å². The van der Waals surface area contributed by atoms with Gasteiger partial charge >= 0.3 is 0 Å². The van der Waals surface area contributed by atoms with Crippen molar-refractivity contribution < 1.29 is 9.47 Å². The summed E-state index contributed by atoms with van der Waals surface area (Å²) < 4.78 is 11.5. The van der Waals surface area contributed by atoms with Crippen LogP contribution in [0.3, 0.4) is 0 Å². The molecule has 0 aromatic rings. The maximum absolute atomic E-state index is 5.76.